The lowest BCUT2D eigenvalue weighted by molar-refractivity contribution is 0.0709. The minimum atomic E-state index is -0.276. The molecule has 1 amide bonds. The molecule has 0 N–H and O–H groups in total. The molecule has 1 fully saturated rings. The molecule has 4 rings (SSSR count). The van der Waals surface area contributed by atoms with Crippen LogP contribution in [0.3, 0.4) is 0 Å². The first kappa shape index (κ1) is 22.4. The molecule has 2 heterocycles. The number of nitriles is 1. The summed E-state index contributed by atoms with van der Waals surface area (Å²) in [5.74, 6) is 0.510. The zero-order valence-corrected chi connectivity index (χ0v) is 19.0. The molecule has 0 bridgehead atoms. The van der Waals surface area contributed by atoms with Crippen molar-refractivity contribution < 1.29 is 9.18 Å². The van der Waals surface area contributed by atoms with Gasteiger partial charge in [0, 0.05) is 37.3 Å². The number of nitrogens with zero attached hydrogens (tertiary/aromatic N) is 5. The highest BCUT2D eigenvalue weighted by molar-refractivity contribution is 5.94. The molecule has 0 spiro atoms. The van der Waals surface area contributed by atoms with Crippen molar-refractivity contribution in [2.75, 3.05) is 25.0 Å². The summed E-state index contributed by atoms with van der Waals surface area (Å²) >= 11 is 0. The van der Waals surface area contributed by atoms with Gasteiger partial charge in [0.15, 0.2) is 5.82 Å². The number of hydrogen-bond acceptors (Lipinski definition) is 5. The summed E-state index contributed by atoms with van der Waals surface area (Å²) in [6.07, 6.45) is 1.64. The molecule has 3 aromatic rings. The molecule has 1 aromatic heterocycles. The van der Waals surface area contributed by atoms with Crippen molar-refractivity contribution in [2.24, 2.45) is 0 Å². The van der Waals surface area contributed by atoms with Gasteiger partial charge in [-0.25, -0.2) is 4.39 Å². The fraction of sp³-hybridized carbons (Fsp3) is 0.308. The van der Waals surface area contributed by atoms with E-state index in [1.54, 1.807) is 41.3 Å². The van der Waals surface area contributed by atoms with Crippen molar-refractivity contribution in [3.8, 4) is 17.3 Å². The van der Waals surface area contributed by atoms with Crippen LogP contribution in [0, 0.1) is 31.0 Å². The van der Waals surface area contributed by atoms with Gasteiger partial charge in [-0.05, 0) is 80.3 Å². The highest BCUT2D eigenvalue weighted by Gasteiger charge is 2.28. The fourth-order valence-electron chi connectivity index (χ4n) is 4.33. The molecule has 7 heteroatoms. The van der Waals surface area contributed by atoms with Gasteiger partial charge in [0.25, 0.3) is 5.91 Å². The van der Waals surface area contributed by atoms with Crippen molar-refractivity contribution in [1.29, 1.82) is 5.26 Å². The number of hydrogen-bond donors (Lipinski definition) is 0. The minimum absolute atomic E-state index is 0.0685. The third kappa shape index (κ3) is 4.56. The van der Waals surface area contributed by atoms with Gasteiger partial charge in [0.2, 0.25) is 0 Å². The zero-order valence-electron chi connectivity index (χ0n) is 19.0. The maximum atomic E-state index is 13.3. The lowest BCUT2D eigenvalue weighted by atomic mass is 10.00. The molecule has 0 unspecified atom stereocenters. The largest absolute Gasteiger partial charge is 0.355 e. The van der Waals surface area contributed by atoms with Gasteiger partial charge in [-0.1, -0.05) is 6.07 Å². The maximum Gasteiger partial charge on any atom is 0.253 e. The quantitative estimate of drug-likeness (QED) is 0.593. The van der Waals surface area contributed by atoms with Crippen LogP contribution in [0.2, 0.25) is 0 Å². The monoisotopic (exact) mass is 443 g/mol. The highest BCUT2D eigenvalue weighted by Crippen LogP contribution is 2.30. The number of piperidine rings is 1. The predicted octanol–water partition coefficient (Wildman–Crippen LogP) is 4.51. The Morgan fingerprint density at radius 3 is 2.45 bits per heavy atom. The standard InChI is InChI=1S/C26H26FN5O/c1-17-18(2)25(30-29-24(17)20-7-9-22(27)10-8-20)32-13-11-23(12-14-32)31(3)26(33)21-6-4-5-19(15-21)16-28/h4-10,15,23H,11-14H2,1-3H3. The molecule has 0 aliphatic carbocycles. The van der Waals surface area contributed by atoms with Crippen molar-refractivity contribution in [1.82, 2.24) is 15.1 Å². The first-order valence-corrected chi connectivity index (χ1v) is 11.0. The minimum Gasteiger partial charge on any atom is -0.355 e. The number of carbonyl (C=O) groups is 1. The molecule has 2 aromatic carbocycles. The van der Waals surface area contributed by atoms with E-state index in [2.05, 4.69) is 21.2 Å². The molecule has 0 atom stereocenters. The Hall–Kier alpha value is -3.79. The second kappa shape index (κ2) is 9.37. The third-order valence-electron chi connectivity index (χ3n) is 6.49. The van der Waals surface area contributed by atoms with Crippen LogP contribution in [0.15, 0.2) is 48.5 Å². The Bertz CT molecular complexity index is 1210. The maximum absolute atomic E-state index is 13.3. The van der Waals surface area contributed by atoms with E-state index in [1.165, 1.54) is 12.1 Å². The van der Waals surface area contributed by atoms with Gasteiger partial charge in [-0.15, -0.1) is 10.2 Å². The molecule has 168 valence electrons. The highest BCUT2D eigenvalue weighted by atomic mass is 19.1. The molecule has 1 saturated heterocycles. The lowest BCUT2D eigenvalue weighted by Gasteiger charge is -2.37. The molecular weight excluding hydrogens is 417 g/mol. The Morgan fingerprint density at radius 2 is 1.79 bits per heavy atom. The summed E-state index contributed by atoms with van der Waals surface area (Å²) in [4.78, 5) is 16.9. The smallest absolute Gasteiger partial charge is 0.253 e. The van der Waals surface area contributed by atoms with E-state index in [9.17, 15) is 9.18 Å². The van der Waals surface area contributed by atoms with Crippen molar-refractivity contribution in [2.45, 2.75) is 32.7 Å². The van der Waals surface area contributed by atoms with Crippen LogP contribution < -0.4 is 4.90 Å². The molecular formula is C26H26FN5O. The van der Waals surface area contributed by atoms with Gasteiger partial charge in [0.1, 0.15) is 5.82 Å². The SMILES string of the molecule is Cc1c(-c2ccc(F)cc2)nnc(N2CCC(N(C)C(=O)c3cccc(C#N)c3)CC2)c1C. The first-order chi connectivity index (χ1) is 15.9. The Kier molecular flexibility index (Phi) is 6.36. The first-order valence-electron chi connectivity index (χ1n) is 11.0. The van der Waals surface area contributed by atoms with Crippen molar-refractivity contribution in [3.05, 3.63) is 76.6 Å². The van der Waals surface area contributed by atoms with Gasteiger partial charge >= 0.3 is 0 Å². The van der Waals surface area contributed by atoms with Crippen LogP contribution >= 0.6 is 0 Å². The van der Waals surface area contributed by atoms with E-state index in [1.807, 2.05) is 20.9 Å². The number of carbonyl (C=O) groups excluding carboxylic acids is 1. The molecule has 0 saturated carbocycles. The fourth-order valence-corrected chi connectivity index (χ4v) is 4.33. The average Bonchev–Trinajstić information content (AvgIpc) is 2.85. The average molecular weight is 444 g/mol. The van der Waals surface area contributed by atoms with Crippen LogP contribution in [0.1, 0.15) is 39.9 Å². The number of rotatable bonds is 4. The van der Waals surface area contributed by atoms with Crippen LogP contribution in [0.5, 0.6) is 0 Å². The van der Waals surface area contributed by atoms with E-state index in [0.29, 0.717) is 11.1 Å². The van der Waals surface area contributed by atoms with Crippen LogP contribution in [0.25, 0.3) is 11.3 Å². The van der Waals surface area contributed by atoms with E-state index < -0.39 is 0 Å². The van der Waals surface area contributed by atoms with Gasteiger partial charge < -0.3 is 9.80 Å². The van der Waals surface area contributed by atoms with E-state index in [-0.39, 0.29) is 17.8 Å². The number of halogens is 1. The van der Waals surface area contributed by atoms with E-state index in [4.69, 9.17) is 5.26 Å². The van der Waals surface area contributed by atoms with Crippen LogP contribution in [-0.2, 0) is 0 Å². The Balaban J connectivity index is 1.45. The summed E-state index contributed by atoms with van der Waals surface area (Å²) in [7, 11) is 1.83. The number of amides is 1. The third-order valence-corrected chi connectivity index (χ3v) is 6.49. The summed E-state index contributed by atoms with van der Waals surface area (Å²) in [6.45, 7) is 5.59. The topological polar surface area (TPSA) is 73.1 Å². The van der Waals surface area contributed by atoms with Gasteiger partial charge in [-0.3, -0.25) is 4.79 Å². The summed E-state index contributed by atoms with van der Waals surface area (Å²) < 4.78 is 13.3. The van der Waals surface area contributed by atoms with Crippen molar-refractivity contribution >= 4 is 11.7 Å². The summed E-state index contributed by atoms with van der Waals surface area (Å²) in [6, 6.07) is 15.3. The van der Waals surface area contributed by atoms with Gasteiger partial charge in [0.05, 0.1) is 17.3 Å². The summed E-state index contributed by atoms with van der Waals surface area (Å²) in [5, 5.41) is 18.0. The predicted molar refractivity (Wildman–Crippen MR) is 125 cm³/mol. The summed E-state index contributed by atoms with van der Waals surface area (Å²) in [5.41, 5.74) is 4.70. The zero-order chi connectivity index (χ0) is 23.5. The van der Waals surface area contributed by atoms with Gasteiger partial charge in [-0.2, -0.15) is 5.26 Å². The molecule has 6 nitrogen and oxygen atoms in total. The van der Waals surface area contributed by atoms with Crippen molar-refractivity contribution in [3.63, 3.8) is 0 Å². The second-order valence-electron chi connectivity index (χ2n) is 8.46. The Labute approximate surface area is 193 Å². The number of benzene rings is 2. The molecule has 33 heavy (non-hydrogen) atoms. The van der Waals surface area contributed by atoms with Crippen LogP contribution in [-0.4, -0.2) is 47.2 Å². The Morgan fingerprint density at radius 1 is 1.09 bits per heavy atom. The van der Waals surface area contributed by atoms with E-state index >= 15 is 0 Å². The molecule has 1 aliphatic rings. The van der Waals surface area contributed by atoms with E-state index in [0.717, 1.165) is 54.1 Å². The second-order valence-corrected chi connectivity index (χ2v) is 8.46. The number of aromatic nitrogens is 2. The normalized spacial score (nSPS) is 14.1. The van der Waals surface area contributed by atoms with Crippen LogP contribution in [0.4, 0.5) is 10.2 Å². The molecule has 0 radical (unpaired) electrons. The lowest BCUT2D eigenvalue weighted by Crippen LogP contribution is -2.46. The number of anilines is 1. The molecule has 1 aliphatic heterocycles.